The van der Waals surface area contributed by atoms with E-state index in [2.05, 4.69) is 35.3 Å². The van der Waals surface area contributed by atoms with Crippen LogP contribution in [0, 0.1) is 0 Å². The summed E-state index contributed by atoms with van der Waals surface area (Å²) >= 11 is 0. The summed E-state index contributed by atoms with van der Waals surface area (Å²) in [7, 11) is -0.924. The van der Waals surface area contributed by atoms with Gasteiger partial charge in [-0.1, -0.05) is 31.2 Å². The van der Waals surface area contributed by atoms with Crippen molar-refractivity contribution in [1.82, 2.24) is 10.2 Å². The molecule has 0 amide bonds. The molecule has 0 fully saturated rings. The minimum atomic E-state index is -2.89. The maximum atomic E-state index is 11.2. The highest BCUT2D eigenvalue weighted by atomic mass is 32.2. The van der Waals surface area contributed by atoms with Crippen molar-refractivity contribution in [2.24, 2.45) is 0 Å². The summed E-state index contributed by atoms with van der Waals surface area (Å²) in [5, 5.41) is 3.42. The van der Waals surface area contributed by atoms with Crippen LogP contribution in [0.2, 0.25) is 0 Å². The topological polar surface area (TPSA) is 49.4 Å². The second-order valence-electron chi connectivity index (χ2n) is 5.64. The summed E-state index contributed by atoms with van der Waals surface area (Å²) in [5.41, 5.74) is 2.62. The number of sulfone groups is 1. The Balaban J connectivity index is 2.53. The Labute approximate surface area is 129 Å². The lowest BCUT2D eigenvalue weighted by Crippen LogP contribution is -2.25. The van der Waals surface area contributed by atoms with Gasteiger partial charge in [-0.05, 0) is 44.1 Å². The molecule has 1 rings (SSSR count). The van der Waals surface area contributed by atoms with Crippen LogP contribution in [0.3, 0.4) is 0 Å². The first-order valence-electron chi connectivity index (χ1n) is 7.56. The lowest BCUT2D eigenvalue weighted by atomic mass is 10.0. The van der Waals surface area contributed by atoms with E-state index in [1.165, 1.54) is 17.4 Å². The molecule has 0 radical (unpaired) electrons. The molecule has 0 aliphatic heterocycles. The van der Waals surface area contributed by atoms with Crippen molar-refractivity contribution < 1.29 is 8.42 Å². The number of nitrogens with one attached hydrogen (secondary N) is 1. The lowest BCUT2D eigenvalue weighted by Gasteiger charge is -2.18. The van der Waals surface area contributed by atoms with Gasteiger partial charge in [-0.3, -0.25) is 0 Å². The third kappa shape index (κ3) is 8.19. The molecule has 0 atom stereocenters. The van der Waals surface area contributed by atoms with Crippen molar-refractivity contribution in [1.29, 1.82) is 0 Å². The van der Waals surface area contributed by atoms with Crippen molar-refractivity contribution >= 4 is 9.84 Å². The van der Waals surface area contributed by atoms with Gasteiger partial charge in [0.05, 0.1) is 5.75 Å². The van der Waals surface area contributed by atoms with E-state index in [4.69, 9.17) is 0 Å². The maximum absolute atomic E-state index is 11.2. The standard InChI is InChI=1S/C16H28N2O2S/c1-4-10-17-11-9-15-7-5-6-8-16(15)14-18(2)12-13-21(3,19)20/h5-8,17H,4,9-14H2,1-3H3. The molecule has 5 heteroatoms. The minimum absolute atomic E-state index is 0.212. The number of rotatable bonds is 10. The molecule has 4 nitrogen and oxygen atoms in total. The summed E-state index contributed by atoms with van der Waals surface area (Å²) in [6.07, 6.45) is 3.44. The molecule has 0 aliphatic carbocycles. The summed E-state index contributed by atoms with van der Waals surface area (Å²) in [6.45, 7) is 5.56. The fraction of sp³-hybridized carbons (Fsp3) is 0.625. The first kappa shape index (κ1) is 18.1. The predicted octanol–water partition coefficient (Wildman–Crippen LogP) is 1.71. The molecule has 0 saturated heterocycles. The zero-order valence-corrected chi connectivity index (χ0v) is 14.2. The van der Waals surface area contributed by atoms with Crippen molar-refractivity contribution in [3.8, 4) is 0 Å². The van der Waals surface area contributed by atoms with Crippen LogP contribution < -0.4 is 5.32 Å². The number of benzene rings is 1. The fourth-order valence-electron chi connectivity index (χ4n) is 2.17. The summed E-state index contributed by atoms with van der Waals surface area (Å²) in [4.78, 5) is 2.07. The van der Waals surface area contributed by atoms with Crippen LogP contribution in [-0.2, 0) is 22.8 Å². The molecule has 0 aromatic heterocycles. The normalized spacial score (nSPS) is 12.0. The highest BCUT2D eigenvalue weighted by Gasteiger charge is 2.08. The highest BCUT2D eigenvalue weighted by molar-refractivity contribution is 7.90. The minimum Gasteiger partial charge on any atom is -0.316 e. The first-order valence-corrected chi connectivity index (χ1v) is 9.62. The van der Waals surface area contributed by atoms with E-state index in [-0.39, 0.29) is 5.75 Å². The Morgan fingerprint density at radius 1 is 1.14 bits per heavy atom. The second kappa shape index (κ2) is 9.18. The Bertz CT molecular complexity index is 515. The van der Waals surface area contributed by atoms with Crippen molar-refractivity contribution in [2.45, 2.75) is 26.3 Å². The van der Waals surface area contributed by atoms with Gasteiger partial charge < -0.3 is 10.2 Å². The molecule has 0 spiro atoms. The highest BCUT2D eigenvalue weighted by Crippen LogP contribution is 2.11. The van der Waals surface area contributed by atoms with E-state index in [0.29, 0.717) is 6.54 Å². The molecule has 1 aromatic rings. The Hall–Kier alpha value is -0.910. The number of nitrogens with zero attached hydrogens (tertiary/aromatic N) is 1. The van der Waals surface area contributed by atoms with Gasteiger partial charge >= 0.3 is 0 Å². The van der Waals surface area contributed by atoms with Crippen molar-refractivity contribution in [3.63, 3.8) is 0 Å². The van der Waals surface area contributed by atoms with E-state index in [9.17, 15) is 8.42 Å². The molecular formula is C16H28N2O2S. The van der Waals surface area contributed by atoms with Gasteiger partial charge in [0, 0.05) is 19.3 Å². The van der Waals surface area contributed by atoms with Gasteiger partial charge in [-0.25, -0.2) is 8.42 Å². The molecule has 1 aromatic carbocycles. The van der Waals surface area contributed by atoms with E-state index in [1.54, 1.807) is 0 Å². The fourth-order valence-corrected chi connectivity index (χ4v) is 2.82. The predicted molar refractivity (Wildman–Crippen MR) is 89.4 cm³/mol. The third-order valence-corrected chi connectivity index (χ3v) is 4.32. The quantitative estimate of drug-likeness (QED) is 0.668. The van der Waals surface area contributed by atoms with Crippen LogP contribution in [0.4, 0.5) is 0 Å². The van der Waals surface area contributed by atoms with Gasteiger partial charge in [-0.2, -0.15) is 0 Å². The molecule has 0 bridgehead atoms. The maximum Gasteiger partial charge on any atom is 0.148 e. The van der Waals surface area contributed by atoms with Crippen molar-refractivity contribution in [2.75, 3.05) is 38.7 Å². The zero-order chi connectivity index (χ0) is 15.7. The molecule has 0 unspecified atom stereocenters. The largest absolute Gasteiger partial charge is 0.316 e. The monoisotopic (exact) mass is 312 g/mol. The number of hydrogen-bond acceptors (Lipinski definition) is 4. The smallest absolute Gasteiger partial charge is 0.148 e. The van der Waals surface area contributed by atoms with Crippen LogP contribution in [0.1, 0.15) is 24.5 Å². The molecule has 120 valence electrons. The molecule has 0 heterocycles. The Morgan fingerprint density at radius 2 is 1.81 bits per heavy atom. The first-order chi connectivity index (χ1) is 9.92. The Kier molecular flexibility index (Phi) is 7.93. The summed E-state index contributed by atoms with van der Waals surface area (Å²) in [6, 6.07) is 8.40. The van der Waals surface area contributed by atoms with Crippen LogP contribution in [-0.4, -0.2) is 52.0 Å². The van der Waals surface area contributed by atoms with E-state index in [1.807, 2.05) is 13.1 Å². The molecule has 0 aliphatic rings. The summed E-state index contributed by atoms with van der Waals surface area (Å²) in [5.74, 6) is 0.212. The second-order valence-corrected chi connectivity index (χ2v) is 7.90. The Morgan fingerprint density at radius 3 is 2.43 bits per heavy atom. The molecule has 0 saturated carbocycles. The van der Waals surface area contributed by atoms with Crippen LogP contribution in [0.25, 0.3) is 0 Å². The molecular weight excluding hydrogens is 284 g/mol. The lowest BCUT2D eigenvalue weighted by molar-refractivity contribution is 0.345. The SMILES string of the molecule is CCCNCCc1ccccc1CN(C)CCS(C)(=O)=O. The average molecular weight is 312 g/mol. The molecule has 21 heavy (non-hydrogen) atoms. The van der Waals surface area contributed by atoms with E-state index < -0.39 is 9.84 Å². The van der Waals surface area contributed by atoms with Crippen LogP contribution in [0.15, 0.2) is 24.3 Å². The average Bonchev–Trinajstić information content (AvgIpc) is 2.42. The number of hydrogen-bond donors (Lipinski definition) is 1. The third-order valence-electron chi connectivity index (χ3n) is 3.40. The van der Waals surface area contributed by atoms with Gasteiger partial charge in [0.2, 0.25) is 0 Å². The van der Waals surface area contributed by atoms with Gasteiger partial charge in [0.1, 0.15) is 9.84 Å². The molecule has 1 N–H and O–H groups in total. The van der Waals surface area contributed by atoms with Gasteiger partial charge in [-0.15, -0.1) is 0 Å². The van der Waals surface area contributed by atoms with E-state index in [0.717, 1.165) is 32.5 Å². The van der Waals surface area contributed by atoms with Gasteiger partial charge in [0.25, 0.3) is 0 Å². The summed E-state index contributed by atoms with van der Waals surface area (Å²) < 4.78 is 22.4. The van der Waals surface area contributed by atoms with Gasteiger partial charge in [0.15, 0.2) is 0 Å². The zero-order valence-electron chi connectivity index (χ0n) is 13.4. The van der Waals surface area contributed by atoms with Crippen LogP contribution >= 0.6 is 0 Å². The van der Waals surface area contributed by atoms with Crippen LogP contribution in [0.5, 0.6) is 0 Å². The van der Waals surface area contributed by atoms with Crippen molar-refractivity contribution in [3.05, 3.63) is 35.4 Å². The van der Waals surface area contributed by atoms with E-state index >= 15 is 0 Å².